The van der Waals surface area contributed by atoms with E-state index in [1.165, 1.54) is 6.42 Å². The summed E-state index contributed by atoms with van der Waals surface area (Å²) in [6.45, 7) is 1.76. The number of nitro groups is 1. The number of hydrogen-bond donors (Lipinski definition) is 0. The van der Waals surface area contributed by atoms with Crippen molar-refractivity contribution < 1.29 is 27.1 Å². The molecule has 0 N–H and O–H groups in total. The van der Waals surface area contributed by atoms with Gasteiger partial charge >= 0.3 is 5.97 Å². The first-order chi connectivity index (χ1) is 12.8. The number of carbonyl (C=O) groups excluding carboxylic acids is 1. The zero-order valence-electron chi connectivity index (χ0n) is 15.3. The van der Waals surface area contributed by atoms with E-state index in [1.807, 2.05) is 0 Å². The molecule has 0 heterocycles. The van der Waals surface area contributed by atoms with Gasteiger partial charge < -0.3 is 4.74 Å². The van der Waals surface area contributed by atoms with E-state index in [1.54, 1.807) is 6.92 Å². The fraction of sp³-hybridized carbons (Fsp3) is 0.611. The average Bonchev–Trinajstić information content (AvgIpc) is 2.66. The first-order valence-electron chi connectivity index (χ1n) is 9.18. The molecule has 2 rings (SSSR count). The van der Waals surface area contributed by atoms with Gasteiger partial charge in [-0.05, 0) is 37.8 Å². The van der Waals surface area contributed by atoms with Crippen molar-refractivity contribution in [2.45, 2.75) is 62.9 Å². The van der Waals surface area contributed by atoms with Gasteiger partial charge in [-0.1, -0.05) is 32.1 Å². The van der Waals surface area contributed by atoms with Crippen LogP contribution < -0.4 is 0 Å². The lowest BCUT2D eigenvalue weighted by atomic mass is 9.85. The molecule has 0 aliphatic heterocycles. The summed E-state index contributed by atoms with van der Waals surface area (Å²) in [5, 5.41) is 10.7. The van der Waals surface area contributed by atoms with Gasteiger partial charge in [-0.3, -0.25) is 14.3 Å². The quantitative estimate of drug-likeness (QED) is 0.270. The Labute approximate surface area is 159 Å². The summed E-state index contributed by atoms with van der Waals surface area (Å²) in [7, 11) is -4.24. The van der Waals surface area contributed by atoms with E-state index in [-0.39, 0.29) is 23.6 Å². The van der Waals surface area contributed by atoms with Crippen molar-refractivity contribution in [2.24, 2.45) is 5.92 Å². The maximum Gasteiger partial charge on any atom is 0.336 e. The SMILES string of the molecule is CCOC(=O)[C@H](CCC1CCCCC1)OS(=O)(=O)c1ccc([N+](=O)[O-])cc1. The van der Waals surface area contributed by atoms with Gasteiger partial charge in [0.25, 0.3) is 15.8 Å². The summed E-state index contributed by atoms with van der Waals surface area (Å²) < 4.78 is 35.1. The van der Waals surface area contributed by atoms with Crippen molar-refractivity contribution in [1.29, 1.82) is 0 Å². The third-order valence-electron chi connectivity index (χ3n) is 4.69. The van der Waals surface area contributed by atoms with Crippen molar-refractivity contribution in [3.63, 3.8) is 0 Å². The van der Waals surface area contributed by atoms with E-state index >= 15 is 0 Å². The van der Waals surface area contributed by atoms with Gasteiger partial charge in [-0.2, -0.15) is 8.42 Å². The van der Waals surface area contributed by atoms with Crippen LogP contribution in [0.4, 0.5) is 5.69 Å². The summed E-state index contributed by atoms with van der Waals surface area (Å²) in [5.41, 5.74) is -0.229. The van der Waals surface area contributed by atoms with E-state index in [2.05, 4.69) is 0 Å². The molecule has 0 saturated heterocycles. The highest BCUT2D eigenvalue weighted by molar-refractivity contribution is 7.86. The number of rotatable bonds is 9. The smallest absolute Gasteiger partial charge is 0.336 e. The second-order valence-corrected chi connectivity index (χ2v) is 8.20. The molecule has 1 aromatic carbocycles. The molecule has 9 heteroatoms. The molecule has 1 saturated carbocycles. The number of nitrogens with zero attached hydrogens (tertiary/aromatic N) is 1. The predicted molar refractivity (Wildman–Crippen MR) is 97.6 cm³/mol. The molecular weight excluding hydrogens is 374 g/mol. The monoisotopic (exact) mass is 399 g/mol. The van der Waals surface area contributed by atoms with Crippen LogP contribution in [0.3, 0.4) is 0 Å². The van der Waals surface area contributed by atoms with Crippen LogP contribution in [0.2, 0.25) is 0 Å². The minimum atomic E-state index is -4.24. The number of carbonyl (C=O) groups is 1. The largest absolute Gasteiger partial charge is 0.464 e. The fourth-order valence-electron chi connectivity index (χ4n) is 3.25. The van der Waals surface area contributed by atoms with Crippen LogP contribution in [0.15, 0.2) is 29.2 Å². The molecule has 1 fully saturated rings. The van der Waals surface area contributed by atoms with Crippen LogP contribution in [0, 0.1) is 16.0 Å². The molecule has 1 aliphatic rings. The highest BCUT2D eigenvalue weighted by Crippen LogP contribution is 2.29. The van der Waals surface area contributed by atoms with Gasteiger partial charge in [0.2, 0.25) is 0 Å². The Hall–Kier alpha value is -2.00. The number of ether oxygens (including phenoxy) is 1. The molecule has 8 nitrogen and oxygen atoms in total. The lowest BCUT2D eigenvalue weighted by Crippen LogP contribution is -2.30. The molecule has 0 unspecified atom stereocenters. The molecule has 0 bridgehead atoms. The third-order valence-corrected chi connectivity index (χ3v) is 6.03. The summed E-state index contributed by atoms with van der Waals surface area (Å²) in [5.74, 6) is -0.250. The Balaban J connectivity index is 2.09. The Kier molecular flexibility index (Phi) is 7.73. The predicted octanol–water partition coefficient (Wildman–Crippen LogP) is 3.59. The van der Waals surface area contributed by atoms with Gasteiger partial charge in [-0.25, -0.2) is 4.79 Å². The number of non-ortho nitro benzene ring substituents is 1. The lowest BCUT2D eigenvalue weighted by molar-refractivity contribution is -0.384. The number of hydrogen-bond acceptors (Lipinski definition) is 7. The van der Waals surface area contributed by atoms with Crippen LogP contribution in [0.5, 0.6) is 0 Å². The minimum Gasteiger partial charge on any atom is -0.464 e. The van der Waals surface area contributed by atoms with Crippen molar-refractivity contribution in [2.75, 3.05) is 6.61 Å². The molecule has 0 spiro atoms. The van der Waals surface area contributed by atoms with E-state index in [9.17, 15) is 23.3 Å². The van der Waals surface area contributed by atoms with Crippen molar-refractivity contribution >= 4 is 21.8 Å². The van der Waals surface area contributed by atoms with Gasteiger partial charge in [0, 0.05) is 12.1 Å². The summed E-state index contributed by atoms with van der Waals surface area (Å²) >= 11 is 0. The van der Waals surface area contributed by atoms with Crippen LogP contribution in [-0.2, 0) is 23.8 Å². The second-order valence-electron chi connectivity index (χ2n) is 6.62. The number of esters is 1. The van der Waals surface area contributed by atoms with Gasteiger partial charge in [-0.15, -0.1) is 0 Å². The summed E-state index contributed by atoms with van der Waals surface area (Å²) in [6.07, 6.45) is 5.40. The van der Waals surface area contributed by atoms with E-state index in [0.29, 0.717) is 12.3 Å². The molecule has 27 heavy (non-hydrogen) atoms. The van der Waals surface area contributed by atoms with E-state index < -0.39 is 27.1 Å². The highest BCUT2D eigenvalue weighted by Gasteiger charge is 2.30. The summed E-state index contributed by atoms with van der Waals surface area (Å²) in [6, 6.07) is 4.35. The van der Waals surface area contributed by atoms with Crippen molar-refractivity contribution in [1.82, 2.24) is 0 Å². The standard InChI is InChI=1S/C18H25NO7S/c1-2-25-18(20)17(13-8-14-6-4-3-5-7-14)26-27(23,24)16-11-9-15(10-12-16)19(21)22/h9-12,14,17H,2-8,13H2,1H3/t17-/m0/s1. The Morgan fingerprint density at radius 3 is 2.41 bits per heavy atom. The summed E-state index contributed by atoms with van der Waals surface area (Å²) in [4.78, 5) is 22.0. The van der Waals surface area contributed by atoms with Gasteiger partial charge in [0.15, 0.2) is 6.10 Å². The zero-order valence-corrected chi connectivity index (χ0v) is 16.2. The molecule has 150 valence electrons. The minimum absolute atomic E-state index is 0.125. The second kappa shape index (κ2) is 9.80. The van der Waals surface area contributed by atoms with Crippen LogP contribution in [0.25, 0.3) is 0 Å². The first kappa shape index (κ1) is 21.3. The maximum atomic E-state index is 12.5. The van der Waals surface area contributed by atoms with E-state index in [0.717, 1.165) is 49.9 Å². The molecule has 0 radical (unpaired) electrons. The lowest BCUT2D eigenvalue weighted by Gasteiger charge is -2.23. The molecule has 0 aromatic heterocycles. The normalized spacial score (nSPS) is 16.6. The Bertz CT molecular complexity index is 739. The van der Waals surface area contributed by atoms with Crippen LogP contribution in [0.1, 0.15) is 51.9 Å². The number of nitro benzene ring substituents is 1. The molecule has 1 aliphatic carbocycles. The molecular formula is C18H25NO7S. The van der Waals surface area contributed by atoms with Gasteiger partial charge in [0.1, 0.15) is 0 Å². The van der Waals surface area contributed by atoms with Crippen LogP contribution in [-0.4, -0.2) is 32.0 Å². The number of benzene rings is 1. The molecule has 0 amide bonds. The van der Waals surface area contributed by atoms with Crippen LogP contribution >= 0.6 is 0 Å². The van der Waals surface area contributed by atoms with Crippen molar-refractivity contribution in [3.05, 3.63) is 34.4 Å². The topological polar surface area (TPSA) is 113 Å². The van der Waals surface area contributed by atoms with E-state index in [4.69, 9.17) is 8.92 Å². The molecule has 1 aromatic rings. The third kappa shape index (κ3) is 6.28. The first-order valence-corrected chi connectivity index (χ1v) is 10.6. The Morgan fingerprint density at radius 2 is 1.85 bits per heavy atom. The van der Waals surface area contributed by atoms with Crippen molar-refractivity contribution in [3.8, 4) is 0 Å². The molecule has 1 atom stereocenters. The highest BCUT2D eigenvalue weighted by atomic mass is 32.2. The maximum absolute atomic E-state index is 12.5. The van der Waals surface area contributed by atoms with Gasteiger partial charge in [0.05, 0.1) is 16.4 Å². The Morgan fingerprint density at radius 1 is 1.22 bits per heavy atom. The zero-order chi connectivity index (χ0) is 19.9. The fourth-order valence-corrected chi connectivity index (χ4v) is 4.31. The average molecular weight is 399 g/mol.